The third-order valence-electron chi connectivity index (χ3n) is 5.18. The summed E-state index contributed by atoms with van der Waals surface area (Å²) >= 11 is 5.78. The van der Waals surface area contributed by atoms with E-state index in [0.717, 1.165) is 42.9 Å². The fourth-order valence-electron chi connectivity index (χ4n) is 3.67. The van der Waals surface area contributed by atoms with Crippen molar-refractivity contribution in [1.29, 1.82) is 0 Å². The third kappa shape index (κ3) is 4.53. The molecule has 1 heterocycles. The summed E-state index contributed by atoms with van der Waals surface area (Å²) in [6.07, 6.45) is 3.45. The zero-order valence-corrected chi connectivity index (χ0v) is 17.1. The predicted octanol–water partition coefficient (Wildman–Crippen LogP) is 4.34. The van der Waals surface area contributed by atoms with Gasteiger partial charge in [-0.3, -0.25) is 0 Å². The van der Waals surface area contributed by atoms with E-state index in [9.17, 15) is 0 Å². The van der Waals surface area contributed by atoms with Gasteiger partial charge in [0.05, 0.1) is 21.3 Å². The normalized spacial score (nSPS) is 14.7. The van der Waals surface area contributed by atoms with Gasteiger partial charge in [-0.2, -0.15) is 0 Å². The number of rotatable bonds is 6. The second-order valence-corrected chi connectivity index (χ2v) is 7.23. The Bertz CT molecular complexity index is 745. The van der Waals surface area contributed by atoms with Crippen molar-refractivity contribution in [2.24, 2.45) is 5.92 Å². The van der Waals surface area contributed by atoms with E-state index in [1.165, 1.54) is 5.56 Å². The Kier molecular flexibility index (Phi) is 6.56. The number of methoxy groups -OCH3 is 3. The number of piperidine rings is 1. The second kappa shape index (κ2) is 9.09. The molecule has 27 heavy (non-hydrogen) atoms. The topological polar surface area (TPSA) is 30.9 Å². The maximum atomic E-state index is 5.78. The molecule has 0 amide bonds. The lowest BCUT2D eigenvalue weighted by atomic mass is 9.90. The largest absolute Gasteiger partial charge is 0.493 e. The van der Waals surface area contributed by atoms with Crippen LogP contribution in [0.3, 0.4) is 0 Å². The summed E-state index contributed by atoms with van der Waals surface area (Å²) in [7, 11) is 4.86. The van der Waals surface area contributed by atoms with Crippen LogP contribution in [0, 0.1) is 5.92 Å². The molecule has 0 unspecified atom stereocenters. The molecular weight excluding hydrogens is 358 g/mol. The maximum Gasteiger partial charge on any atom is 0.203 e. The fraction of sp³-hybridized carbons (Fsp3) is 0.409. The van der Waals surface area contributed by atoms with Crippen LogP contribution in [-0.2, 0) is 6.42 Å². The zero-order chi connectivity index (χ0) is 19.2. The van der Waals surface area contributed by atoms with E-state index in [1.807, 2.05) is 12.1 Å². The molecule has 144 valence electrons. The van der Waals surface area contributed by atoms with Crippen LogP contribution in [0.4, 0.5) is 0 Å². The van der Waals surface area contributed by atoms with Gasteiger partial charge in [0.2, 0.25) is 5.75 Å². The Labute approximate surface area is 167 Å². The molecule has 0 N–H and O–H groups in total. The number of ether oxygens (including phenoxy) is 3. The van der Waals surface area contributed by atoms with Crippen molar-refractivity contribution in [1.82, 2.24) is 4.90 Å². The highest BCUT2D eigenvalue weighted by Gasteiger charge is 2.23. The summed E-state index contributed by atoms with van der Waals surface area (Å²) in [5.74, 6) is 2.57. The number of hydrogen-bond donors (Lipinski definition) is 0. The minimum Gasteiger partial charge on any atom is -0.493 e. The highest BCUT2D eigenvalue weighted by Crippen LogP contribution is 2.38. The van der Waals surface area contributed by atoms with E-state index in [4.69, 9.17) is 26.4 Å². The Morgan fingerprint density at radius 3 is 2.07 bits per heavy atom. The first kappa shape index (κ1) is 19.5. The minimum atomic E-state index is 0.591. The summed E-state index contributed by atoms with van der Waals surface area (Å²) in [6, 6.07) is 14.6. The summed E-state index contributed by atoms with van der Waals surface area (Å²) < 4.78 is 16.3. The van der Waals surface area contributed by atoms with Gasteiger partial charge in [0.1, 0.15) is 4.99 Å². The molecule has 0 bridgehead atoms. The van der Waals surface area contributed by atoms with Crippen LogP contribution in [-0.4, -0.2) is 44.3 Å². The highest BCUT2D eigenvalue weighted by atomic mass is 32.1. The standard InChI is InChI=1S/C22H27NO3S/c1-24-19-14-18(15-20(25-2)21(19)26-3)22(27)23-11-9-17(10-12-23)13-16-7-5-4-6-8-16/h4-8,14-15,17H,9-13H2,1-3H3. The van der Waals surface area contributed by atoms with Crippen LogP contribution in [0.25, 0.3) is 0 Å². The second-order valence-electron chi connectivity index (χ2n) is 6.84. The van der Waals surface area contributed by atoms with Gasteiger partial charge in [-0.15, -0.1) is 0 Å². The zero-order valence-electron chi connectivity index (χ0n) is 16.2. The molecule has 3 rings (SSSR count). The van der Waals surface area contributed by atoms with Gasteiger partial charge in [-0.05, 0) is 42.9 Å². The molecule has 4 nitrogen and oxygen atoms in total. The summed E-state index contributed by atoms with van der Waals surface area (Å²) in [5.41, 5.74) is 2.35. The average molecular weight is 386 g/mol. The molecule has 0 spiro atoms. The van der Waals surface area contributed by atoms with Gasteiger partial charge in [-0.25, -0.2) is 0 Å². The van der Waals surface area contributed by atoms with E-state index in [2.05, 4.69) is 35.2 Å². The Balaban J connectivity index is 1.67. The molecule has 1 aliphatic rings. The van der Waals surface area contributed by atoms with Crippen LogP contribution < -0.4 is 14.2 Å². The average Bonchev–Trinajstić information content (AvgIpc) is 2.73. The minimum absolute atomic E-state index is 0.591. The molecule has 0 aromatic heterocycles. The molecule has 0 radical (unpaired) electrons. The smallest absolute Gasteiger partial charge is 0.203 e. The van der Waals surface area contributed by atoms with Crippen molar-refractivity contribution in [3.8, 4) is 17.2 Å². The lowest BCUT2D eigenvalue weighted by Gasteiger charge is -2.34. The van der Waals surface area contributed by atoms with Gasteiger partial charge in [0.25, 0.3) is 0 Å². The Morgan fingerprint density at radius 2 is 1.56 bits per heavy atom. The van der Waals surface area contributed by atoms with Crippen molar-refractivity contribution in [3.05, 3.63) is 53.6 Å². The Hall–Kier alpha value is -2.27. The first-order chi connectivity index (χ1) is 13.2. The Morgan fingerprint density at radius 1 is 0.963 bits per heavy atom. The van der Waals surface area contributed by atoms with Gasteiger partial charge in [0, 0.05) is 18.7 Å². The molecule has 5 heteroatoms. The summed E-state index contributed by atoms with van der Waals surface area (Å²) in [4.78, 5) is 3.13. The van der Waals surface area contributed by atoms with Crippen molar-refractivity contribution in [2.75, 3.05) is 34.4 Å². The van der Waals surface area contributed by atoms with E-state index < -0.39 is 0 Å². The maximum absolute atomic E-state index is 5.78. The van der Waals surface area contributed by atoms with Crippen molar-refractivity contribution < 1.29 is 14.2 Å². The van der Waals surface area contributed by atoms with E-state index in [-0.39, 0.29) is 0 Å². The number of likely N-dealkylation sites (tertiary alicyclic amines) is 1. The van der Waals surface area contributed by atoms with Crippen molar-refractivity contribution in [3.63, 3.8) is 0 Å². The first-order valence-corrected chi connectivity index (χ1v) is 9.70. The summed E-state index contributed by atoms with van der Waals surface area (Å²) in [6.45, 7) is 1.96. The number of nitrogens with zero attached hydrogens (tertiary/aromatic N) is 1. The molecule has 2 aromatic carbocycles. The predicted molar refractivity (Wildman–Crippen MR) is 112 cm³/mol. The molecule has 1 aliphatic heterocycles. The van der Waals surface area contributed by atoms with Gasteiger partial charge < -0.3 is 19.1 Å². The van der Waals surface area contributed by atoms with E-state index in [1.54, 1.807) is 21.3 Å². The monoisotopic (exact) mass is 385 g/mol. The van der Waals surface area contributed by atoms with Gasteiger partial charge in [-0.1, -0.05) is 42.5 Å². The van der Waals surface area contributed by atoms with Crippen molar-refractivity contribution in [2.45, 2.75) is 19.3 Å². The molecule has 2 aromatic rings. The molecule has 0 atom stereocenters. The highest BCUT2D eigenvalue weighted by molar-refractivity contribution is 7.80. The molecule has 1 fully saturated rings. The molecular formula is C22H27NO3S. The summed E-state index contributed by atoms with van der Waals surface area (Å²) in [5, 5.41) is 0. The lowest BCUT2D eigenvalue weighted by Crippen LogP contribution is -2.38. The van der Waals surface area contributed by atoms with Gasteiger partial charge >= 0.3 is 0 Å². The lowest BCUT2D eigenvalue weighted by molar-refractivity contribution is 0.268. The molecule has 1 saturated heterocycles. The number of hydrogen-bond acceptors (Lipinski definition) is 4. The van der Waals surface area contributed by atoms with Gasteiger partial charge in [0.15, 0.2) is 11.5 Å². The molecule has 0 aliphatic carbocycles. The van der Waals surface area contributed by atoms with Crippen LogP contribution in [0.5, 0.6) is 17.2 Å². The quantitative estimate of drug-likeness (QED) is 0.691. The first-order valence-electron chi connectivity index (χ1n) is 9.29. The van der Waals surface area contributed by atoms with Crippen LogP contribution in [0.1, 0.15) is 24.0 Å². The van der Waals surface area contributed by atoms with Crippen LogP contribution >= 0.6 is 12.2 Å². The van der Waals surface area contributed by atoms with Crippen molar-refractivity contribution >= 4 is 17.2 Å². The van der Waals surface area contributed by atoms with E-state index in [0.29, 0.717) is 23.2 Å². The number of benzene rings is 2. The fourth-order valence-corrected chi connectivity index (χ4v) is 3.98. The van der Waals surface area contributed by atoms with E-state index >= 15 is 0 Å². The number of thiocarbonyl (C=S) groups is 1. The third-order valence-corrected chi connectivity index (χ3v) is 5.67. The van der Waals surface area contributed by atoms with Crippen LogP contribution in [0.2, 0.25) is 0 Å². The van der Waals surface area contributed by atoms with Crippen LogP contribution in [0.15, 0.2) is 42.5 Å². The SMILES string of the molecule is COc1cc(C(=S)N2CCC(Cc3ccccc3)CC2)cc(OC)c1OC. The molecule has 0 saturated carbocycles.